The van der Waals surface area contributed by atoms with Gasteiger partial charge in [0.1, 0.15) is 11.6 Å². The van der Waals surface area contributed by atoms with Gasteiger partial charge in [0, 0.05) is 10.9 Å². The molecule has 0 saturated carbocycles. The van der Waals surface area contributed by atoms with E-state index < -0.39 is 11.9 Å². The predicted molar refractivity (Wildman–Crippen MR) is 111 cm³/mol. The molecule has 0 aliphatic carbocycles. The van der Waals surface area contributed by atoms with Crippen LogP contribution in [0.5, 0.6) is 11.5 Å². The Balaban J connectivity index is 1.75. The molecule has 2 aromatic carbocycles. The number of nitrogens with zero attached hydrogens (tertiary/aromatic N) is 2. The Hall–Kier alpha value is -4.16. The number of benzene rings is 2. The maximum Gasteiger partial charge on any atom is 0.337 e. The van der Waals surface area contributed by atoms with Crippen molar-refractivity contribution in [1.82, 2.24) is 4.98 Å². The molecule has 1 aromatic heterocycles. The summed E-state index contributed by atoms with van der Waals surface area (Å²) in [6.07, 6.45) is 1.29. The topological polar surface area (TPSA) is 133 Å². The zero-order valence-electron chi connectivity index (χ0n) is 15.6. The van der Waals surface area contributed by atoms with E-state index in [0.29, 0.717) is 22.0 Å². The number of aromatic nitrogens is 1. The van der Waals surface area contributed by atoms with Gasteiger partial charge >= 0.3 is 5.97 Å². The van der Waals surface area contributed by atoms with E-state index in [1.54, 1.807) is 35.7 Å². The molecule has 30 heavy (non-hydrogen) atoms. The Kier molecular flexibility index (Phi) is 6.10. The Morgan fingerprint density at radius 1 is 1.17 bits per heavy atom. The molecule has 0 radical (unpaired) electrons. The van der Waals surface area contributed by atoms with E-state index in [9.17, 15) is 25.1 Å². The number of nitriles is 1. The van der Waals surface area contributed by atoms with Crippen molar-refractivity contribution in [2.75, 3.05) is 12.4 Å². The van der Waals surface area contributed by atoms with Crippen LogP contribution in [0.4, 0.5) is 5.13 Å². The summed E-state index contributed by atoms with van der Waals surface area (Å²) in [5.41, 5.74) is 1.93. The molecule has 3 aromatic rings. The molecule has 8 nitrogen and oxygen atoms in total. The van der Waals surface area contributed by atoms with E-state index in [1.165, 1.54) is 42.7 Å². The zero-order chi connectivity index (χ0) is 21.7. The van der Waals surface area contributed by atoms with Gasteiger partial charge in [-0.1, -0.05) is 18.2 Å². The SMILES string of the molecule is COC(=O)c1ccc(-c2csc(NC(=O)/C(C#N)=C/c3ccc(O)c(O)c3)n2)cc1. The number of ether oxygens (including phenoxy) is 1. The first-order chi connectivity index (χ1) is 14.4. The van der Waals surface area contributed by atoms with E-state index in [-0.39, 0.29) is 17.1 Å². The van der Waals surface area contributed by atoms with E-state index in [2.05, 4.69) is 15.0 Å². The fourth-order valence-electron chi connectivity index (χ4n) is 2.47. The van der Waals surface area contributed by atoms with E-state index in [1.807, 2.05) is 0 Å². The first-order valence-electron chi connectivity index (χ1n) is 8.50. The van der Waals surface area contributed by atoms with Crippen LogP contribution in [0.1, 0.15) is 15.9 Å². The van der Waals surface area contributed by atoms with E-state index in [4.69, 9.17) is 0 Å². The lowest BCUT2D eigenvalue weighted by molar-refractivity contribution is -0.112. The summed E-state index contributed by atoms with van der Waals surface area (Å²) >= 11 is 1.18. The zero-order valence-corrected chi connectivity index (χ0v) is 16.4. The lowest BCUT2D eigenvalue weighted by atomic mass is 10.1. The number of phenolic OH excluding ortho intramolecular Hbond substituents is 2. The molecule has 0 aliphatic rings. The number of nitrogens with one attached hydrogen (secondary N) is 1. The Labute approximate surface area is 175 Å². The average molecular weight is 421 g/mol. The molecular formula is C21H15N3O5S. The monoisotopic (exact) mass is 421 g/mol. The summed E-state index contributed by atoms with van der Waals surface area (Å²) < 4.78 is 4.66. The normalized spacial score (nSPS) is 10.9. The first-order valence-corrected chi connectivity index (χ1v) is 9.38. The standard InChI is InChI=1S/C21H15N3O5S/c1-29-20(28)14-5-3-13(4-6-14)16-11-30-21(23-16)24-19(27)15(10-22)8-12-2-7-17(25)18(26)9-12/h2-9,11,25-26H,1H3,(H,23,24,27)/b15-8+. The van der Waals surface area contributed by atoms with Crippen LogP contribution in [0.2, 0.25) is 0 Å². The Morgan fingerprint density at radius 2 is 1.90 bits per heavy atom. The van der Waals surface area contributed by atoms with Crippen molar-refractivity contribution in [1.29, 1.82) is 5.26 Å². The lowest BCUT2D eigenvalue weighted by Gasteiger charge is -2.02. The fraction of sp³-hybridized carbons (Fsp3) is 0.0476. The fourth-order valence-corrected chi connectivity index (χ4v) is 3.18. The third-order valence-electron chi connectivity index (χ3n) is 4.00. The summed E-state index contributed by atoms with van der Waals surface area (Å²) in [6, 6.07) is 12.4. The van der Waals surface area contributed by atoms with Crippen LogP contribution in [-0.2, 0) is 9.53 Å². The molecular weight excluding hydrogens is 406 g/mol. The van der Waals surface area contributed by atoms with Gasteiger partial charge in [-0.15, -0.1) is 11.3 Å². The predicted octanol–water partition coefficient (Wildman–Crippen LogP) is 3.55. The third-order valence-corrected chi connectivity index (χ3v) is 4.76. The second-order valence-electron chi connectivity index (χ2n) is 5.98. The Morgan fingerprint density at radius 3 is 2.53 bits per heavy atom. The molecule has 1 heterocycles. The van der Waals surface area contributed by atoms with Crippen molar-refractivity contribution in [2.24, 2.45) is 0 Å². The van der Waals surface area contributed by atoms with Crippen molar-refractivity contribution < 1.29 is 24.5 Å². The number of carbonyl (C=O) groups is 2. The molecule has 0 spiro atoms. The van der Waals surface area contributed by atoms with Crippen LogP contribution in [0, 0.1) is 11.3 Å². The average Bonchev–Trinajstić information content (AvgIpc) is 3.22. The molecule has 0 fully saturated rings. The largest absolute Gasteiger partial charge is 0.504 e. The van der Waals surface area contributed by atoms with Crippen molar-refractivity contribution in [3.63, 3.8) is 0 Å². The molecule has 0 bridgehead atoms. The summed E-state index contributed by atoms with van der Waals surface area (Å²) in [6.45, 7) is 0. The second-order valence-corrected chi connectivity index (χ2v) is 6.84. The Bertz CT molecular complexity index is 1180. The van der Waals surface area contributed by atoms with Gasteiger partial charge in [0.15, 0.2) is 16.6 Å². The molecule has 0 atom stereocenters. The molecule has 0 saturated heterocycles. The number of amides is 1. The van der Waals surface area contributed by atoms with E-state index in [0.717, 1.165) is 5.56 Å². The van der Waals surface area contributed by atoms with Gasteiger partial charge in [-0.2, -0.15) is 5.26 Å². The van der Waals surface area contributed by atoms with Crippen LogP contribution >= 0.6 is 11.3 Å². The van der Waals surface area contributed by atoms with Crippen molar-refractivity contribution in [2.45, 2.75) is 0 Å². The van der Waals surface area contributed by atoms with Crippen LogP contribution in [-0.4, -0.2) is 34.2 Å². The highest BCUT2D eigenvalue weighted by molar-refractivity contribution is 7.14. The molecule has 150 valence electrons. The summed E-state index contributed by atoms with van der Waals surface area (Å²) in [5.74, 6) is -1.76. The van der Waals surface area contributed by atoms with Gasteiger partial charge in [0.05, 0.1) is 18.4 Å². The van der Waals surface area contributed by atoms with Gasteiger partial charge in [-0.05, 0) is 35.9 Å². The van der Waals surface area contributed by atoms with Crippen molar-refractivity contribution in [3.8, 4) is 28.8 Å². The second kappa shape index (κ2) is 8.89. The number of thiazole rings is 1. The van der Waals surface area contributed by atoms with Crippen LogP contribution < -0.4 is 5.32 Å². The number of rotatable bonds is 5. The van der Waals surface area contributed by atoms with Crippen molar-refractivity contribution in [3.05, 3.63) is 64.5 Å². The maximum atomic E-state index is 12.4. The number of anilines is 1. The van der Waals surface area contributed by atoms with Crippen LogP contribution in [0.25, 0.3) is 17.3 Å². The quantitative estimate of drug-likeness (QED) is 0.248. The minimum atomic E-state index is -0.660. The van der Waals surface area contributed by atoms with Gasteiger partial charge in [-0.3, -0.25) is 10.1 Å². The molecule has 3 rings (SSSR count). The summed E-state index contributed by atoms with van der Waals surface area (Å²) in [4.78, 5) is 28.2. The van der Waals surface area contributed by atoms with Crippen LogP contribution in [0.3, 0.4) is 0 Å². The highest BCUT2D eigenvalue weighted by atomic mass is 32.1. The molecule has 0 aliphatic heterocycles. The van der Waals surface area contributed by atoms with Crippen molar-refractivity contribution >= 4 is 34.4 Å². The summed E-state index contributed by atoms with van der Waals surface area (Å²) in [7, 11) is 1.31. The van der Waals surface area contributed by atoms with Crippen LogP contribution in [0.15, 0.2) is 53.4 Å². The first kappa shape index (κ1) is 20.6. The van der Waals surface area contributed by atoms with Gasteiger partial charge in [-0.25, -0.2) is 9.78 Å². The number of hydrogen-bond donors (Lipinski definition) is 3. The van der Waals surface area contributed by atoms with Gasteiger partial charge < -0.3 is 14.9 Å². The minimum absolute atomic E-state index is 0.195. The third kappa shape index (κ3) is 4.63. The smallest absolute Gasteiger partial charge is 0.337 e. The van der Waals surface area contributed by atoms with E-state index >= 15 is 0 Å². The lowest BCUT2D eigenvalue weighted by Crippen LogP contribution is -2.13. The number of methoxy groups -OCH3 is 1. The number of phenols is 2. The maximum absolute atomic E-state index is 12.4. The molecule has 3 N–H and O–H groups in total. The number of hydrogen-bond acceptors (Lipinski definition) is 8. The highest BCUT2D eigenvalue weighted by Gasteiger charge is 2.13. The number of esters is 1. The van der Waals surface area contributed by atoms with Gasteiger partial charge in [0.2, 0.25) is 0 Å². The number of carbonyl (C=O) groups excluding carboxylic acids is 2. The molecule has 9 heteroatoms. The minimum Gasteiger partial charge on any atom is -0.504 e. The highest BCUT2D eigenvalue weighted by Crippen LogP contribution is 2.27. The molecule has 0 unspecified atom stereocenters. The summed E-state index contributed by atoms with van der Waals surface area (Å²) in [5, 5.41) is 32.8. The number of aromatic hydroxyl groups is 2. The molecule has 1 amide bonds. The van der Waals surface area contributed by atoms with Gasteiger partial charge in [0.25, 0.3) is 5.91 Å².